The van der Waals surface area contributed by atoms with Crippen molar-refractivity contribution in [1.82, 2.24) is 4.90 Å². The first-order valence-corrected chi connectivity index (χ1v) is 9.25. The predicted molar refractivity (Wildman–Crippen MR) is 101 cm³/mol. The van der Waals surface area contributed by atoms with Gasteiger partial charge in [0.15, 0.2) is 0 Å². The van der Waals surface area contributed by atoms with Crippen molar-refractivity contribution in [3.63, 3.8) is 0 Å². The number of nitro groups is 1. The SMILES string of the molecule is CCOC(=O)[C@@H](CC(F)CC[N+](=O)[O-])N(C(=O)OC(C)(C)C)C(=O)OC(C)(C)C. The number of carbonyl (C=O) groups excluding carboxylic acids is 3. The van der Waals surface area contributed by atoms with Crippen LogP contribution in [0.4, 0.5) is 14.0 Å². The van der Waals surface area contributed by atoms with Crippen LogP contribution in [-0.2, 0) is 19.0 Å². The number of imide groups is 1. The fraction of sp³-hybridized carbons (Fsp3) is 0.833. The Morgan fingerprint density at radius 3 is 1.83 bits per heavy atom. The summed E-state index contributed by atoms with van der Waals surface area (Å²) < 4.78 is 29.6. The molecule has 168 valence electrons. The van der Waals surface area contributed by atoms with Gasteiger partial charge in [0, 0.05) is 17.8 Å². The van der Waals surface area contributed by atoms with Crippen molar-refractivity contribution < 1.29 is 37.9 Å². The number of rotatable bonds is 8. The van der Waals surface area contributed by atoms with Crippen LogP contribution in [0.1, 0.15) is 61.3 Å². The van der Waals surface area contributed by atoms with Gasteiger partial charge in [-0.15, -0.1) is 0 Å². The summed E-state index contributed by atoms with van der Waals surface area (Å²) in [5.74, 6) is -1.05. The highest BCUT2D eigenvalue weighted by molar-refractivity contribution is 5.94. The Labute approximate surface area is 169 Å². The number of nitrogens with zero attached hydrogens (tertiary/aromatic N) is 2. The van der Waals surface area contributed by atoms with Gasteiger partial charge in [-0.3, -0.25) is 10.1 Å². The smallest absolute Gasteiger partial charge is 0.420 e. The lowest BCUT2D eigenvalue weighted by atomic mass is 10.1. The molecule has 0 fully saturated rings. The fourth-order valence-electron chi connectivity index (χ4n) is 2.10. The summed E-state index contributed by atoms with van der Waals surface area (Å²) in [4.78, 5) is 47.9. The number of alkyl halides is 1. The highest BCUT2D eigenvalue weighted by Crippen LogP contribution is 2.21. The number of amides is 2. The zero-order valence-corrected chi connectivity index (χ0v) is 18.0. The molecule has 0 bridgehead atoms. The topological polar surface area (TPSA) is 125 Å². The summed E-state index contributed by atoms with van der Waals surface area (Å²) in [6, 6.07) is -1.71. The minimum absolute atomic E-state index is 0.0857. The van der Waals surface area contributed by atoms with Gasteiger partial charge in [-0.05, 0) is 48.5 Å². The highest BCUT2D eigenvalue weighted by atomic mass is 19.1. The average molecular weight is 422 g/mol. The molecule has 0 aliphatic rings. The maximum atomic E-state index is 14.3. The van der Waals surface area contributed by atoms with E-state index in [2.05, 4.69) is 0 Å². The van der Waals surface area contributed by atoms with E-state index in [0.29, 0.717) is 4.90 Å². The molecule has 1 unspecified atom stereocenters. The van der Waals surface area contributed by atoms with Crippen LogP contribution in [0.5, 0.6) is 0 Å². The Bertz CT molecular complexity index is 570. The van der Waals surface area contributed by atoms with E-state index in [1.165, 1.54) is 6.92 Å². The van der Waals surface area contributed by atoms with Gasteiger partial charge in [0.25, 0.3) is 0 Å². The fourth-order valence-corrected chi connectivity index (χ4v) is 2.10. The van der Waals surface area contributed by atoms with Gasteiger partial charge in [-0.1, -0.05) is 0 Å². The van der Waals surface area contributed by atoms with Crippen LogP contribution in [-0.4, -0.2) is 64.5 Å². The molecule has 0 aliphatic carbocycles. The van der Waals surface area contributed by atoms with Crippen molar-refractivity contribution in [3.8, 4) is 0 Å². The normalized spacial score (nSPS) is 13.8. The minimum atomic E-state index is -1.85. The Morgan fingerprint density at radius 2 is 1.48 bits per heavy atom. The predicted octanol–water partition coefficient (Wildman–Crippen LogP) is 3.49. The van der Waals surface area contributed by atoms with Gasteiger partial charge in [-0.2, -0.15) is 4.90 Å². The van der Waals surface area contributed by atoms with E-state index in [0.717, 1.165) is 0 Å². The molecule has 10 nitrogen and oxygen atoms in total. The molecule has 2 amide bonds. The molecule has 0 saturated heterocycles. The lowest BCUT2D eigenvalue weighted by Crippen LogP contribution is -2.53. The van der Waals surface area contributed by atoms with Gasteiger partial charge in [0.1, 0.15) is 23.4 Å². The Kier molecular flexibility index (Phi) is 9.99. The molecule has 0 saturated carbocycles. The number of ether oxygens (including phenoxy) is 3. The summed E-state index contributed by atoms with van der Waals surface area (Å²) in [7, 11) is 0. The largest absolute Gasteiger partial charge is 0.464 e. The summed E-state index contributed by atoms with van der Waals surface area (Å²) in [5.41, 5.74) is -2.03. The third kappa shape index (κ3) is 11.2. The van der Waals surface area contributed by atoms with Crippen LogP contribution in [0.25, 0.3) is 0 Å². The van der Waals surface area contributed by atoms with E-state index >= 15 is 0 Å². The monoisotopic (exact) mass is 422 g/mol. The van der Waals surface area contributed by atoms with Gasteiger partial charge >= 0.3 is 18.2 Å². The molecule has 0 N–H and O–H groups in total. The first kappa shape index (κ1) is 26.5. The van der Waals surface area contributed by atoms with Gasteiger partial charge in [0.2, 0.25) is 6.54 Å². The molecule has 0 heterocycles. The third-order valence-electron chi connectivity index (χ3n) is 3.15. The average Bonchev–Trinajstić information content (AvgIpc) is 2.48. The Morgan fingerprint density at radius 1 is 1.03 bits per heavy atom. The molecule has 0 aromatic rings. The summed E-state index contributed by atoms with van der Waals surface area (Å²) in [6.07, 6.45) is -5.47. The highest BCUT2D eigenvalue weighted by Gasteiger charge is 2.42. The van der Waals surface area contributed by atoms with Crippen molar-refractivity contribution >= 4 is 18.2 Å². The van der Waals surface area contributed by atoms with E-state index in [9.17, 15) is 28.9 Å². The molecule has 0 radical (unpaired) electrons. The van der Waals surface area contributed by atoms with Crippen LogP contribution >= 0.6 is 0 Å². The van der Waals surface area contributed by atoms with E-state index in [-0.39, 0.29) is 6.61 Å². The van der Waals surface area contributed by atoms with E-state index in [1.54, 1.807) is 41.5 Å². The van der Waals surface area contributed by atoms with Crippen molar-refractivity contribution in [1.29, 1.82) is 0 Å². The first-order chi connectivity index (χ1) is 13.1. The van der Waals surface area contributed by atoms with E-state index < -0.39 is 65.9 Å². The quantitative estimate of drug-likeness (QED) is 0.252. The minimum Gasteiger partial charge on any atom is -0.464 e. The van der Waals surface area contributed by atoms with Crippen molar-refractivity contribution in [3.05, 3.63) is 10.1 Å². The molecule has 0 aromatic heterocycles. The lowest BCUT2D eigenvalue weighted by Gasteiger charge is -2.32. The van der Waals surface area contributed by atoms with Crippen LogP contribution in [0.15, 0.2) is 0 Å². The first-order valence-electron chi connectivity index (χ1n) is 9.25. The molecule has 0 aliphatic heterocycles. The van der Waals surface area contributed by atoms with Gasteiger partial charge < -0.3 is 14.2 Å². The van der Waals surface area contributed by atoms with Gasteiger partial charge in [-0.25, -0.2) is 18.8 Å². The number of hydrogen-bond donors (Lipinski definition) is 0. The second-order valence-electron chi connectivity index (χ2n) is 8.28. The van der Waals surface area contributed by atoms with E-state index in [1.807, 2.05) is 0 Å². The third-order valence-corrected chi connectivity index (χ3v) is 3.15. The maximum Gasteiger partial charge on any atom is 0.420 e. The van der Waals surface area contributed by atoms with Crippen LogP contribution in [0.3, 0.4) is 0 Å². The molecular weight excluding hydrogens is 391 g/mol. The van der Waals surface area contributed by atoms with Crippen LogP contribution in [0.2, 0.25) is 0 Å². The summed E-state index contributed by atoms with van der Waals surface area (Å²) in [5, 5.41) is 10.5. The van der Waals surface area contributed by atoms with Crippen LogP contribution < -0.4 is 0 Å². The maximum absolute atomic E-state index is 14.3. The molecular formula is C18H31FN2O8. The summed E-state index contributed by atoms with van der Waals surface area (Å²) >= 11 is 0. The zero-order chi connectivity index (χ0) is 23.0. The Hall–Kier alpha value is -2.46. The molecule has 0 rings (SSSR count). The van der Waals surface area contributed by atoms with Crippen molar-refractivity contribution in [2.75, 3.05) is 13.2 Å². The molecule has 2 atom stereocenters. The number of esters is 1. The number of hydrogen-bond acceptors (Lipinski definition) is 8. The van der Waals surface area contributed by atoms with Crippen LogP contribution in [0, 0.1) is 10.1 Å². The molecule has 11 heteroatoms. The molecule has 29 heavy (non-hydrogen) atoms. The van der Waals surface area contributed by atoms with Gasteiger partial charge in [0.05, 0.1) is 6.61 Å². The van der Waals surface area contributed by atoms with E-state index in [4.69, 9.17) is 14.2 Å². The lowest BCUT2D eigenvalue weighted by molar-refractivity contribution is -0.481. The molecule has 0 spiro atoms. The number of carbonyl (C=O) groups is 3. The molecule has 0 aromatic carbocycles. The second-order valence-corrected chi connectivity index (χ2v) is 8.28. The summed E-state index contributed by atoms with van der Waals surface area (Å²) in [6.45, 7) is 10.0. The standard InChI is InChI=1S/C18H31FN2O8/c1-8-27-14(22)13(11-12(19)9-10-20(25)26)21(15(23)28-17(2,3)4)16(24)29-18(5,6)7/h12-13H,8-11H2,1-7H3/t12?,13-/m1/s1. The Balaban J connectivity index is 5.89. The number of halogens is 1. The second kappa shape index (κ2) is 10.9. The zero-order valence-electron chi connectivity index (χ0n) is 18.0. The van der Waals surface area contributed by atoms with Crippen molar-refractivity contribution in [2.45, 2.75) is 84.7 Å². The van der Waals surface area contributed by atoms with Crippen molar-refractivity contribution in [2.24, 2.45) is 0 Å².